The first-order valence-corrected chi connectivity index (χ1v) is 10.1. The van der Waals surface area contributed by atoms with E-state index in [1.54, 1.807) is 13.0 Å². The zero-order chi connectivity index (χ0) is 20.1. The third-order valence-corrected chi connectivity index (χ3v) is 5.73. The lowest BCUT2D eigenvalue weighted by Gasteiger charge is -2.12. The number of nitrogens with one attached hydrogen (secondary N) is 1. The smallest absolute Gasteiger partial charge is 0.341 e. The Labute approximate surface area is 171 Å². The maximum Gasteiger partial charge on any atom is 0.341 e. The summed E-state index contributed by atoms with van der Waals surface area (Å²) in [6, 6.07) is 3.01. The van der Waals surface area contributed by atoms with E-state index in [4.69, 9.17) is 21.1 Å². The van der Waals surface area contributed by atoms with Gasteiger partial charge in [-0.1, -0.05) is 11.6 Å². The molecule has 0 radical (unpaired) electrons. The van der Waals surface area contributed by atoms with Crippen LogP contribution in [0.25, 0.3) is 0 Å². The van der Waals surface area contributed by atoms with Crippen molar-refractivity contribution in [3.8, 4) is 0 Å². The summed E-state index contributed by atoms with van der Waals surface area (Å²) in [4.78, 5) is 41.6. The first-order valence-electron chi connectivity index (χ1n) is 8.90. The molecular formula is C19H19ClN2O5S. The van der Waals surface area contributed by atoms with E-state index in [0.717, 1.165) is 36.1 Å². The quantitative estimate of drug-likeness (QED) is 0.564. The van der Waals surface area contributed by atoms with Gasteiger partial charge in [-0.25, -0.2) is 14.6 Å². The number of nitrogens with zero attached hydrogens (tertiary/aromatic N) is 1. The Morgan fingerprint density at radius 2 is 2.00 bits per heavy atom. The number of pyridine rings is 1. The molecule has 2 heterocycles. The summed E-state index contributed by atoms with van der Waals surface area (Å²) in [5, 5.41) is 3.12. The van der Waals surface area contributed by atoms with Crippen molar-refractivity contribution >= 4 is 45.8 Å². The molecule has 28 heavy (non-hydrogen) atoms. The van der Waals surface area contributed by atoms with Crippen molar-refractivity contribution in [3.05, 3.63) is 45.1 Å². The van der Waals surface area contributed by atoms with Gasteiger partial charge in [0.25, 0.3) is 5.91 Å². The average molecular weight is 423 g/mol. The number of anilines is 1. The van der Waals surface area contributed by atoms with E-state index >= 15 is 0 Å². The van der Waals surface area contributed by atoms with Crippen LogP contribution in [-0.2, 0) is 27.1 Å². The van der Waals surface area contributed by atoms with Crippen molar-refractivity contribution < 1.29 is 23.9 Å². The summed E-state index contributed by atoms with van der Waals surface area (Å²) in [7, 11) is 0. The second-order valence-corrected chi connectivity index (χ2v) is 7.56. The summed E-state index contributed by atoms with van der Waals surface area (Å²) in [5.41, 5.74) is 1.44. The van der Waals surface area contributed by atoms with Crippen molar-refractivity contribution in [2.24, 2.45) is 0 Å². The number of hydrogen-bond acceptors (Lipinski definition) is 7. The third kappa shape index (κ3) is 4.51. The van der Waals surface area contributed by atoms with Crippen LogP contribution in [0.2, 0.25) is 5.15 Å². The number of ether oxygens (including phenoxy) is 2. The molecule has 0 saturated carbocycles. The second-order valence-electron chi connectivity index (χ2n) is 6.10. The Kier molecular flexibility index (Phi) is 6.64. The minimum Gasteiger partial charge on any atom is -0.462 e. The van der Waals surface area contributed by atoms with Gasteiger partial charge in [0.05, 0.1) is 17.7 Å². The fourth-order valence-electron chi connectivity index (χ4n) is 2.98. The van der Waals surface area contributed by atoms with Crippen LogP contribution >= 0.6 is 22.9 Å². The lowest BCUT2D eigenvalue weighted by molar-refractivity contribution is -0.119. The number of fused-ring (bicyclic) bond motifs is 1. The van der Waals surface area contributed by atoms with Crippen LogP contribution in [0, 0.1) is 0 Å². The number of thiophene rings is 1. The van der Waals surface area contributed by atoms with Crippen LogP contribution in [0.15, 0.2) is 18.3 Å². The Morgan fingerprint density at radius 3 is 2.75 bits per heavy atom. The predicted octanol–water partition coefficient (Wildman–Crippen LogP) is 3.65. The summed E-state index contributed by atoms with van der Waals surface area (Å²) in [6.45, 7) is 1.48. The number of carbonyl (C=O) groups is 3. The fraction of sp³-hybridized carbons (Fsp3) is 0.368. The number of aromatic nitrogens is 1. The maximum absolute atomic E-state index is 12.4. The molecule has 7 nitrogen and oxygen atoms in total. The highest BCUT2D eigenvalue weighted by atomic mass is 35.5. The summed E-state index contributed by atoms with van der Waals surface area (Å²) < 4.78 is 10.2. The van der Waals surface area contributed by atoms with Gasteiger partial charge in [-0.05, 0) is 50.3 Å². The van der Waals surface area contributed by atoms with E-state index in [2.05, 4.69) is 10.3 Å². The van der Waals surface area contributed by atoms with Gasteiger partial charge in [-0.2, -0.15) is 0 Å². The SMILES string of the molecule is CCOC(=O)c1c(NC(=O)COC(=O)c2cccnc2Cl)sc2c1CCCC2. The zero-order valence-electron chi connectivity index (χ0n) is 15.2. The summed E-state index contributed by atoms with van der Waals surface area (Å²) in [5.74, 6) is -1.74. The van der Waals surface area contributed by atoms with Crippen molar-refractivity contribution in [2.75, 3.05) is 18.5 Å². The number of carbonyl (C=O) groups excluding carboxylic acids is 3. The molecular weight excluding hydrogens is 404 g/mol. The molecule has 1 aliphatic rings. The lowest BCUT2D eigenvalue weighted by atomic mass is 9.95. The normalized spacial score (nSPS) is 12.8. The molecule has 1 N–H and O–H groups in total. The average Bonchev–Trinajstić information content (AvgIpc) is 3.04. The molecule has 0 bridgehead atoms. The minimum atomic E-state index is -0.746. The molecule has 2 aromatic rings. The first kappa shape index (κ1) is 20.3. The van der Waals surface area contributed by atoms with E-state index in [-0.39, 0.29) is 17.3 Å². The number of amides is 1. The van der Waals surface area contributed by atoms with Gasteiger partial charge in [0, 0.05) is 11.1 Å². The van der Waals surface area contributed by atoms with Crippen LogP contribution < -0.4 is 5.32 Å². The largest absolute Gasteiger partial charge is 0.462 e. The third-order valence-electron chi connectivity index (χ3n) is 4.22. The monoisotopic (exact) mass is 422 g/mol. The van der Waals surface area contributed by atoms with E-state index < -0.39 is 24.5 Å². The topological polar surface area (TPSA) is 94.6 Å². The van der Waals surface area contributed by atoms with E-state index in [9.17, 15) is 14.4 Å². The van der Waals surface area contributed by atoms with E-state index in [1.165, 1.54) is 23.6 Å². The Balaban J connectivity index is 1.70. The van der Waals surface area contributed by atoms with Crippen molar-refractivity contribution in [3.63, 3.8) is 0 Å². The van der Waals surface area contributed by atoms with Crippen molar-refractivity contribution in [1.82, 2.24) is 4.98 Å². The second kappa shape index (κ2) is 9.16. The molecule has 0 atom stereocenters. The Bertz CT molecular complexity index is 912. The molecule has 0 aliphatic heterocycles. The van der Waals surface area contributed by atoms with Gasteiger partial charge in [0.1, 0.15) is 10.2 Å². The highest BCUT2D eigenvalue weighted by Crippen LogP contribution is 2.38. The highest BCUT2D eigenvalue weighted by Gasteiger charge is 2.27. The number of halogens is 1. The molecule has 148 valence electrons. The molecule has 1 aliphatic carbocycles. The number of hydrogen-bond donors (Lipinski definition) is 1. The van der Waals surface area contributed by atoms with Crippen molar-refractivity contribution in [2.45, 2.75) is 32.6 Å². The lowest BCUT2D eigenvalue weighted by Crippen LogP contribution is -2.22. The van der Waals surface area contributed by atoms with Gasteiger partial charge in [-0.3, -0.25) is 4.79 Å². The molecule has 0 aromatic carbocycles. The molecule has 0 spiro atoms. The number of esters is 2. The Morgan fingerprint density at radius 1 is 1.21 bits per heavy atom. The molecule has 9 heteroatoms. The van der Waals surface area contributed by atoms with E-state index in [1.807, 2.05) is 0 Å². The standard InChI is InChI=1S/C19H19ClN2O5S/c1-2-26-19(25)15-11-6-3-4-8-13(11)28-17(15)22-14(23)10-27-18(24)12-7-5-9-21-16(12)20/h5,7,9H,2-4,6,8,10H2,1H3,(H,22,23). The molecule has 2 aromatic heterocycles. The van der Waals surface area contributed by atoms with Gasteiger partial charge in [0.15, 0.2) is 6.61 Å². The van der Waals surface area contributed by atoms with Crippen molar-refractivity contribution in [1.29, 1.82) is 0 Å². The predicted molar refractivity (Wildman–Crippen MR) is 105 cm³/mol. The molecule has 0 fully saturated rings. The maximum atomic E-state index is 12.4. The van der Waals surface area contributed by atoms with Crippen LogP contribution in [0.3, 0.4) is 0 Å². The summed E-state index contributed by atoms with van der Waals surface area (Å²) in [6.07, 6.45) is 5.14. The van der Waals surface area contributed by atoms with Gasteiger partial charge in [-0.15, -0.1) is 11.3 Å². The minimum absolute atomic E-state index is 0.00318. The van der Waals surface area contributed by atoms with Crippen LogP contribution in [-0.4, -0.2) is 36.0 Å². The van der Waals surface area contributed by atoms with Crippen LogP contribution in [0.5, 0.6) is 0 Å². The Hall–Kier alpha value is -2.45. The van der Waals surface area contributed by atoms with Gasteiger partial charge in [0.2, 0.25) is 0 Å². The van der Waals surface area contributed by atoms with Crippen LogP contribution in [0.4, 0.5) is 5.00 Å². The van der Waals surface area contributed by atoms with Crippen LogP contribution in [0.1, 0.15) is 50.9 Å². The zero-order valence-corrected chi connectivity index (χ0v) is 16.8. The number of aryl methyl sites for hydroxylation is 1. The fourth-order valence-corrected chi connectivity index (χ4v) is 4.47. The van der Waals surface area contributed by atoms with E-state index in [0.29, 0.717) is 10.6 Å². The highest BCUT2D eigenvalue weighted by molar-refractivity contribution is 7.17. The number of rotatable bonds is 6. The molecule has 3 rings (SSSR count). The van der Waals surface area contributed by atoms with Gasteiger partial charge < -0.3 is 14.8 Å². The first-order chi connectivity index (χ1) is 13.5. The van der Waals surface area contributed by atoms with Gasteiger partial charge >= 0.3 is 11.9 Å². The molecule has 0 unspecified atom stereocenters. The molecule has 0 saturated heterocycles. The summed E-state index contributed by atoms with van der Waals surface area (Å²) >= 11 is 7.22. The molecule has 1 amide bonds.